The van der Waals surface area contributed by atoms with E-state index in [4.69, 9.17) is 0 Å². The van der Waals surface area contributed by atoms with Crippen molar-refractivity contribution in [1.82, 2.24) is 19.9 Å². The summed E-state index contributed by atoms with van der Waals surface area (Å²) in [5.41, 5.74) is 4.06. The van der Waals surface area contributed by atoms with Crippen molar-refractivity contribution in [1.29, 1.82) is 0 Å². The first kappa shape index (κ1) is 19.3. The Morgan fingerprint density at radius 3 is 2.74 bits per heavy atom. The van der Waals surface area contributed by atoms with Gasteiger partial charge in [0, 0.05) is 23.4 Å². The first-order valence-corrected chi connectivity index (χ1v) is 10.8. The Bertz CT molecular complexity index is 1240. The molecule has 4 aromatic rings. The van der Waals surface area contributed by atoms with Gasteiger partial charge in [-0.15, -0.1) is 5.10 Å². The molecule has 2 amide bonds. The Balaban J connectivity index is 1.17. The molecule has 1 aliphatic rings. The molecule has 7 nitrogen and oxygen atoms in total. The van der Waals surface area contributed by atoms with Crippen molar-refractivity contribution >= 4 is 39.3 Å². The smallest absolute Gasteiger partial charge is 0.251 e. The number of pyridine rings is 1. The van der Waals surface area contributed by atoms with E-state index in [0.29, 0.717) is 12.1 Å². The summed E-state index contributed by atoms with van der Waals surface area (Å²) in [6, 6.07) is 18.7. The first-order valence-electron chi connectivity index (χ1n) is 9.98. The number of carbonyl (C=O) groups excluding carboxylic acids is 2. The van der Waals surface area contributed by atoms with Gasteiger partial charge in [0.05, 0.1) is 16.9 Å². The number of hydrogen-bond acceptors (Lipinski definition) is 6. The van der Waals surface area contributed by atoms with E-state index in [0.717, 1.165) is 33.6 Å². The molecule has 0 spiro atoms. The maximum absolute atomic E-state index is 12.6. The van der Waals surface area contributed by atoms with Crippen molar-refractivity contribution in [3.63, 3.8) is 0 Å². The molecule has 2 N–H and O–H groups in total. The van der Waals surface area contributed by atoms with Crippen molar-refractivity contribution < 1.29 is 9.59 Å². The number of rotatable bonds is 6. The van der Waals surface area contributed by atoms with Gasteiger partial charge < -0.3 is 10.6 Å². The Hall–Kier alpha value is -3.65. The fourth-order valence-corrected chi connectivity index (χ4v) is 4.20. The number of anilines is 1. The Morgan fingerprint density at radius 2 is 1.94 bits per heavy atom. The number of nitrogens with zero attached hydrogens (tertiary/aromatic N) is 3. The fraction of sp³-hybridized carbons (Fsp3) is 0.174. The third-order valence-corrected chi connectivity index (χ3v) is 6.09. The normalized spacial score (nSPS) is 17.3. The minimum absolute atomic E-state index is 0.0130. The zero-order valence-corrected chi connectivity index (χ0v) is 17.3. The largest absolute Gasteiger partial charge is 0.346 e. The van der Waals surface area contributed by atoms with Crippen LogP contribution in [-0.2, 0) is 11.3 Å². The van der Waals surface area contributed by atoms with E-state index < -0.39 is 0 Å². The molecule has 2 aromatic heterocycles. The lowest BCUT2D eigenvalue weighted by molar-refractivity contribution is -0.117. The first-order chi connectivity index (χ1) is 15.2. The van der Waals surface area contributed by atoms with Crippen molar-refractivity contribution in [2.45, 2.75) is 18.9 Å². The van der Waals surface area contributed by atoms with Gasteiger partial charge in [0.25, 0.3) is 5.91 Å². The third kappa shape index (κ3) is 4.29. The van der Waals surface area contributed by atoms with E-state index in [1.165, 1.54) is 11.5 Å². The Morgan fingerprint density at radius 1 is 1.06 bits per heavy atom. The van der Waals surface area contributed by atoms with Crippen LogP contribution in [0.25, 0.3) is 10.2 Å². The highest BCUT2D eigenvalue weighted by molar-refractivity contribution is 7.12. The van der Waals surface area contributed by atoms with Crippen LogP contribution in [0.15, 0.2) is 66.9 Å². The molecular weight excluding hydrogens is 410 g/mol. The van der Waals surface area contributed by atoms with Gasteiger partial charge in [-0.2, -0.15) is 0 Å². The number of fused-ring (bicyclic) bond motifs is 1. The molecule has 1 fully saturated rings. The van der Waals surface area contributed by atoms with Gasteiger partial charge in [0.2, 0.25) is 5.91 Å². The van der Waals surface area contributed by atoms with E-state index in [-0.39, 0.29) is 23.7 Å². The molecule has 5 rings (SSSR count). The van der Waals surface area contributed by atoms with Gasteiger partial charge in [-0.05, 0) is 71.9 Å². The average Bonchev–Trinajstić information content (AvgIpc) is 3.48. The molecule has 8 heteroatoms. The molecule has 0 bridgehead atoms. The number of aromatic nitrogens is 3. The van der Waals surface area contributed by atoms with Crippen molar-refractivity contribution in [3.05, 3.63) is 83.7 Å². The van der Waals surface area contributed by atoms with E-state index in [2.05, 4.69) is 25.2 Å². The van der Waals surface area contributed by atoms with E-state index in [9.17, 15) is 9.59 Å². The molecule has 31 heavy (non-hydrogen) atoms. The van der Waals surface area contributed by atoms with E-state index in [1.807, 2.05) is 48.5 Å². The number of benzene rings is 2. The van der Waals surface area contributed by atoms with Crippen LogP contribution in [0.4, 0.5) is 5.69 Å². The number of nitrogens with one attached hydrogen (secondary N) is 2. The molecule has 2 atom stereocenters. The molecule has 0 unspecified atom stereocenters. The second-order valence-corrected chi connectivity index (χ2v) is 8.30. The van der Waals surface area contributed by atoms with Crippen LogP contribution in [0.3, 0.4) is 0 Å². The predicted molar refractivity (Wildman–Crippen MR) is 119 cm³/mol. The highest BCUT2D eigenvalue weighted by atomic mass is 32.1. The molecule has 154 valence electrons. The zero-order chi connectivity index (χ0) is 21.2. The summed E-state index contributed by atoms with van der Waals surface area (Å²) in [6.45, 7) is 0.385. The maximum atomic E-state index is 12.6. The SMILES string of the molecule is O=C(NCc1ccccn1)c1ccc([C@@H]2C[C@H]2C(=O)Nc2ccc3nnsc3c2)cc1. The topological polar surface area (TPSA) is 96.9 Å². The van der Waals surface area contributed by atoms with E-state index in [1.54, 1.807) is 18.3 Å². The van der Waals surface area contributed by atoms with Gasteiger partial charge in [0.1, 0.15) is 5.52 Å². The van der Waals surface area contributed by atoms with Gasteiger partial charge in [-0.3, -0.25) is 14.6 Å². The highest BCUT2D eigenvalue weighted by Gasteiger charge is 2.43. The average molecular weight is 430 g/mol. The zero-order valence-electron chi connectivity index (χ0n) is 16.5. The summed E-state index contributed by atoms with van der Waals surface area (Å²) in [5.74, 6) is -0.00667. The lowest BCUT2D eigenvalue weighted by atomic mass is 10.1. The number of amides is 2. The summed E-state index contributed by atoms with van der Waals surface area (Å²) in [4.78, 5) is 29.2. The molecule has 1 saturated carbocycles. The van der Waals surface area contributed by atoms with E-state index >= 15 is 0 Å². The number of hydrogen-bond donors (Lipinski definition) is 2. The molecule has 0 aliphatic heterocycles. The van der Waals surface area contributed by atoms with Crippen molar-refractivity contribution in [3.8, 4) is 0 Å². The summed E-state index contributed by atoms with van der Waals surface area (Å²) in [6.07, 6.45) is 2.51. The monoisotopic (exact) mass is 429 g/mol. The number of carbonyl (C=O) groups is 2. The summed E-state index contributed by atoms with van der Waals surface area (Å²) in [7, 11) is 0. The Labute approximate surface area is 182 Å². The van der Waals surface area contributed by atoms with Gasteiger partial charge in [-0.1, -0.05) is 22.7 Å². The van der Waals surface area contributed by atoms with Crippen LogP contribution in [-0.4, -0.2) is 26.4 Å². The van der Waals surface area contributed by atoms with Gasteiger partial charge in [0.15, 0.2) is 0 Å². The molecule has 2 aromatic carbocycles. The van der Waals surface area contributed by atoms with Gasteiger partial charge in [-0.25, -0.2) is 0 Å². The second-order valence-electron chi connectivity index (χ2n) is 7.52. The molecule has 0 radical (unpaired) electrons. The van der Waals surface area contributed by atoms with Crippen molar-refractivity contribution in [2.24, 2.45) is 5.92 Å². The summed E-state index contributed by atoms with van der Waals surface area (Å²) < 4.78 is 4.86. The summed E-state index contributed by atoms with van der Waals surface area (Å²) >= 11 is 1.31. The van der Waals surface area contributed by atoms with Crippen LogP contribution < -0.4 is 10.6 Å². The Kier molecular flexibility index (Phi) is 5.13. The lowest BCUT2D eigenvalue weighted by Gasteiger charge is -2.07. The summed E-state index contributed by atoms with van der Waals surface area (Å²) in [5, 5.41) is 9.87. The van der Waals surface area contributed by atoms with Gasteiger partial charge >= 0.3 is 0 Å². The maximum Gasteiger partial charge on any atom is 0.251 e. The minimum Gasteiger partial charge on any atom is -0.346 e. The minimum atomic E-state index is -0.143. The highest BCUT2D eigenvalue weighted by Crippen LogP contribution is 2.48. The fourth-order valence-electron chi connectivity index (χ4n) is 3.60. The molecule has 1 aliphatic carbocycles. The molecular formula is C23H19N5O2S. The van der Waals surface area contributed by atoms with Crippen LogP contribution in [0.2, 0.25) is 0 Å². The van der Waals surface area contributed by atoms with Crippen molar-refractivity contribution in [2.75, 3.05) is 5.32 Å². The van der Waals surface area contributed by atoms with Crippen LogP contribution in [0.1, 0.15) is 34.0 Å². The van der Waals surface area contributed by atoms with Crippen LogP contribution >= 0.6 is 11.5 Å². The standard InChI is InChI=1S/C23H19N5O2S/c29-22(25-13-17-3-1-2-10-24-17)15-6-4-14(5-7-15)18-12-19(18)23(30)26-16-8-9-20-21(11-16)31-28-27-20/h1-11,18-19H,12-13H2,(H,25,29)(H,26,30)/t18-,19+/m0/s1. The molecule has 2 heterocycles. The molecule has 0 saturated heterocycles. The lowest BCUT2D eigenvalue weighted by Crippen LogP contribution is -2.23. The van der Waals surface area contributed by atoms with Crippen LogP contribution in [0.5, 0.6) is 0 Å². The second kappa shape index (κ2) is 8.23. The predicted octanol–water partition coefficient (Wildman–Crippen LogP) is 3.76. The van der Waals surface area contributed by atoms with Crippen LogP contribution in [0, 0.1) is 5.92 Å². The quantitative estimate of drug-likeness (QED) is 0.486. The third-order valence-electron chi connectivity index (χ3n) is 5.40.